The fraction of sp³-hybridized carbons (Fsp3) is 0.125. The van der Waals surface area contributed by atoms with Crippen LogP contribution in [0.1, 0.15) is 16.2 Å². The molecule has 0 radical (unpaired) electrons. The normalized spacial score (nSPS) is 10.9. The highest BCUT2D eigenvalue weighted by atomic mass is 19.3. The number of aryl methyl sites for hydroxylation is 1. The monoisotopic (exact) mass is 496 g/mol. The van der Waals surface area contributed by atoms with Crippen LogP contribution in [0.15, 0.2) is 65.7 Å². The molecule has 0 aliphatic rings. The highest BCUT2D eigenvalue weighted by molar-refractivity contribution is 5.94. The fourth-order valence-corrected chi connectivity index (χ4v) is 3.36. The maximum Gasteiger partial charge on any atom is 0.387 e. The van der Waals surface area contributed by atoms with Crippen LogP contribution in [0.3, 0.4) is 0 Å². The summed E-state index contributed by atoms with van der Waals surface area (Å²) < 4.78 is 44.5. The number of nitrogens with zero attached hydrogens (tertiary/aromatic N) is 4. The lowest BCUT2D eigenvalue weighted by atomic mass is 10.0. The van der Waals surface area contributed by atoms with Crippen LogP contribution < -0.4 is 21.3 Å². The molecule has 12 heteroatoms. The minimum Gasteiger partial charge on any atom is -0.432 e. The summed E-state index contributed by atoms with van der Waals surface area (Å²) in [5.41, 5.74) is 7.41. The third kappa shape index (κ3) is 5.32. The van der Waals surface area contributed by atoms with Gasteiger partial charge in [0.05, 0.1) is 17.9 Å². The van der Waals surface area contributed by atoms with Crippen LogP contribution in [0.2, 0.25) is 0 Å². The van der Waals surface area contributed by atoms with E-state index in [0.717, 1.165) is 0 Å². The molecule has 4 aromatic rings. The molecule has 3 N–H and O–H groups in total. The van der Waals surface area contributed by atoms with Gasteiger partial charge in [-0.1, -0.05) is 0 Å². The van der Waals surface area contributed by atoms with Gasteiger partial charge in [-0.05, 0) is 42.5 Å². The largest absolute Gasteiger partial charge is 0.432 e. The fourth-order valence-electron chi connectivity index (χ4n) is 3.36. The van der Waals surface area contributed by atoms with Crippen LogP contribution in [-0.4, -0.2) is 32.0 Å². The second-order valence-corrected chi connectivity index (χ2v) is 7.54. The summed E-state index contributed by atoms with van der Waals surface area (Å²) in [5.74, 6) is -1.64. The molecule has 0 aliphatic heterocycles. The molecule has 36 heavy (non-hydrogen) atoms. The molecule has 0 saturated carbocycles. The molecule has 184 valence electrons. The number of nitrogen functional groups attached to an aromatic ring is 1. The standard InChI is InChI=1S/C24H19F3N6O3/c1-33-12-14(6-9-18(33)34)20-19(13-4-7-15(25)8-5-13)32-22(28)16(31-20)11-30-23(35)21-17(36-24(26)27)3-2-10-29-21/h2-10,12,24H,11H2,1H3,(H2,28,32)(H,30,35). The van der Waals surface area contributed by atoms with Crippen molar-refractivity contribution in [2.75, 3.05) is 5.73 Å². The Morgan fingerprint density at radius 1 is 1.08 bits per heavy atom. The molecule has 1 amide bonds. The second-order valence-electron chi connectivity index (χ2n) is 7.54. The predicted molar refractivity (Wildman–Crippen MR) is 125 cm³/mol. The van der Waals surface area contributed by atoms with Gasteiger partial charge >= 0.3 is 6.61 Å². The number of amides is 1. The highest BCUT2D eigenvalue weighted by Crippen LogP contribution is 2.30. The maximum atomic E-state index is 13.5. The predicted octanol–water partition coefficient (Wildman–Crippen LogP) is 3.16. The minimum absolute atomic E-state index is 0.0201. The van der Waals surface area contributed by atoms with Crippen molar-refractivity contribution in [2.24, 2.45) is 7.05 Å². The first-order valence-corrected chi connectivity index (χ1v) is 10.5. The molecule has 0 unspecified atom stereocenters. The lowest BCUT2D eigenvalue weighted by Gasteiger charge is -2.14. The Bertz CT molecular complexity index is 1480. The summed E-state index contributed by atoms with van der Waals surface area (Å²) in [6, 6.07) is 11.0. The van der Waals surface area contributed by atoms with Gasteiger partial charge in [-0.15, -0.1) is 0 Å². The third-order valence-corrected chi connectivity index (χ3v) is 5.09. The van der Waals surface area contributed by atoms with E-state index < -0.39 is 18.3 Å². The van der Waals surface area contributed by atoms with Gasteiger partial charge in [-0.3, -0.25) is 9.59 Å². The van der Waals surface area contributed by atoms with E-state index in [2.05, 4.69) is 25.0 Å². The zero-order valence-corrected chi connectivity index (χ0v) is 18.8. The number of nitrogens with two attached hydrogens (primary N) is 1. The van der Waals surface area contributed by atoms with Crippen molar-refractivity contribution in [3.05, 3.63) is 88.5 Å². The van der Waals surface area contributed by atoms with Crippen LogP contribution in [0.5, 0.6) is 5.75 Å². The molecule has 9 nitrogen and oxygen atoms in total. The number of halogens is 3. The van der Waals surface area contributed by atoms with E-state index in [4.69, 9.17) is 5.73 Å². The van der Waals surface area contributed by atoms with E-state index >= 15 is 0 Å². The summed E-state index contributed by atoms with van der Waals surface area (Å²) in [5, 5.41) is 2.52. The van der Waals surface area contributed by atoms with E-state index in [1.165, 1.54) is 53.2 Å². The highest BCUT2D eigenvalue weighted by Gasteiger charge is 2.20. The number of hydrogen-bond donors (Lipinski definition) is 2. The Morgan fingerprint density at radius 3 is 2.47 bits per heavy atom. The van der Waals surface area contributed by atoms with Gasteiger partial charge in [-0.2, -0.15) is 8.78 Å². The van der Waals surface area contributed by atoms with Crippen LogP contribution in [-0.2, 0) is 13.6 Å². The van der Waals surface area contributed by atoms with Gasteiger partial charge in [-0.25, -0.2) is 19.3 Å². The Balaban J connectivity index is 1.71. The van der Waals surface area contributed by atoms with Crippen molar-refractivity contribution in [1.82, 2.24) is 24.8 Å². The first kappa shape index (κ1) is 24.4. The Labute approximate surface area is 202 Å². The molecule has 4 rings (SSSR count). The Morgan fingerprint density at radius 2 is 1.78 bits per heavy atom. The Kier molecular flexibility index (Phi) is 6.95. The van der Waals surface area contributed by atoms with Crippen molar-refractivity contribution >= 4 is 11.7 Å². The zero-order valence-electron chi connectivity index (χ0n) is 18.8. The average molecular weight is 496 g/mol. The van der Waals surface area contributed by atoms with Gasteiger partial charge in [0, 0.05) is 36.6 Å². The van der Waals surface area contributed by atoms with Crippen molar-refractivity contribution in [1.29, 1.82) is 0 Å². The van der Waals surface area contributed by atoms with Crippen LogP contribution >= 0.6 is 0 Å². The molecule has 1 aromatic carbocycles. The molecule has 0 bridgehead atoms. The quantitative estimate of drug-likeness (QED) is 0.403. The minimum atomic E-state index is -3.13. The number of pyridine rings is 2. The molecule has 0 fully saturated rings. The summed E-state index contributed by atoms with van der Waals surface area (Å²) in [6.45, 7) is -3.35. The SMILES string of the molecule is Cn1cc(-c2nc(CNC(=O)c3ncccc3OC(F)F)c(N)nc2-c2ccc(F)cc2)ccc1=O. The second kappa shape index (κ2) is 10.3. The number of nitrogens with one attached hydrogen (secondary N) is 1. The zero-order chi connectivity index (χ0) is 25.8. The summed E-state index contributed by atoms with van der Waals surface area (Å²) >= 11 is 0. The lowest BCUT2D eigenvalue weighted by molar-refractivity contribution is -0.0504. The first-order valence-electron chi connectivity index (χ1n) is 10.5. The van der Waals surface area contributed by atoms with Crippen molar-refractivity contribution in [3.63, 3.8) is 0 Å². The number of carbonyl (C=O) groups excluding carboxylic acids is 1. The lowest BCUT2D eigenvalue weighted by Crippen LogP contribution is -2.26. The van der Waals surface area contributed by atoms with E-state index in [9.17, 15) is 22.8 Å². The van der Waals surface area contributed by atoms with Crippen molar-refractivity contribution in [3.8, 4) is 28.3 Å². The summed E-state index contributed by atoms with van der Waals surface area (Å²) in [4.78, 5) is 37.3. The van der Waals surface area contributed by atoms with Crippen molar-refractivity contribution in [2.45, 2.75) is 13.2 Å². The number of carbonyl (C=O) groups is 1. The maximum absolute atomic E-state index is 13.5. The molecular formula is C24H19F3N6O3. The Hall–Kier alpha value is -4.74. The molecular weight excluding hydrogens is 477 g/mol. The first-order chi connectivity index (χ1) is 17.2. The van der Waals surface area contributed by atoms with Gasteiger partial charge < -0.3 is 20.4 Å². The van der Waals surface area contributed by atoms with Gasteiger partial charge in [0.25, 0.3) is 5.91 Å². The van der Waals surface area contributed by atoms with E-state index in [-0.39, 0.29) is 35.1 Å². The molecule has 0 spiro atoms. The van der Waals surface area contributed by atoms with Gasteiger partial charge in [0.2, 0.25) is 5.56 Å². The molecule has 0 saturated heterocycles. The van der Waals surface area contributed by atoms with E-state index in [0.29, 0.717) is 22.5 Å². The number of alkyl halides is 2. The number of ether oxygens (including phenoxy) is 1. The number of hydrogen-bond acceptors (Lipinski definition) is 7. The average Bonchev–Trinajstić information content (AvgIpc) is 2.85. The van der Waals surface area contributed by atoms with Crippen molar-refractivity contribution < 1.29 is 22.7 Å². The number of benzene rings is 1. The topological polar surface area (TPSA) is 125 Å². The van der Waals surface area contributed by atoms with Crippen LogP contribution in [0.4, 0.5) is 19.0 Å². The smallest absolute Gasteiger partial charge is 0.387 e. The molecule has 3 heterocycles. The number of rotatable bonds is 7. The third-order valence-electron chi connectivity index (χ3n) is 5.09. The van der Waals surface area contributed by atoms with Gasteiger partial charge in [0.15, 0.2) is 11.4 Å². The van der Waals surface area contributed by atoms with E-state index in [1.54, 1.807) is 19.3 Å². The molecule has 3 aromatic heterocycles. The van der Waals surface area contributed by atoms with Gasteiger partial charge in [0.1, 0.15) is 17.3 Å². The summed E-state index contributed by atoms with van der Waals surface area (Å²) in [6.07, 6.45) is 2.82. The van der Waals surface area contributed by atoms with Crippen LogP contribution in [0, 0.1) is 5.82 Å². The molecule has 0 atom stereocenters. The van der Waals surface area contributed by atoms with Crippen LogP contribution in [0.25, 0.3) is 22.5 Å². The number of anilines is 1. The van der Waals surface area contributed by atoms with E-state index in [1.807, 2.05) is 0 Å². The molecule has 0 aliphatic carbocycles. The summed E-state index contributed by atoms with van der Waals surface area (Å²) in [7, 11) is 1.57. The number of aromatic nitrogens is 4.